The molecule has 1 aromatic heterocycles. The summed E-state index contributed by atoms with van der Waals surface area (Å²) < 4.78 is 13.4. The fraction of sp³-hybridized carbons (Fsp3) is 0.200. The lowest BCUT2D eigenvalue weighted by Gasteiger charge is -2.12. The molecule has 0 saturated heterocycles. The number of benzene rings is 1. The Hall–Kier alpha value is -2.47. The first-order valence-electron chi connectivity index (χ1n) is 6.55. The number of hydrogen-bond acceptors (Lipinski definition) is 3. The zero-order valence-electron chi connectivity index (χ0n) is 11.9. The number of anilines is 2. The number of carbonyl (C=O) groups is 1. The van der Waals surface area contributed by atoms with Gasteiger partial charge in [0.15, 0.2) is 5.82 Å². The Morgan fingerprint density at radius 3 is 2.52 bits per heavy atom. The van der Waals surface area contributed by atoms with E-state index >= 15 is 0 Å². The second-order valence-corrected chi connectivity index (χ2v) is 4.57. The van der Waals surface area contributed by atoms with E-state index in [1.54, 1.807) is 12.1 Å². The number of carbonyl (C=O) groups excluding carboxylic acids is 1. The molecule has 0 aliphatic carbocycles. The molecule has 1 heterocycles. The van der Waals surface area contributed by atoms with Gasteiger partial charge in [0.05, 0.1) is 11.9 Å². The van der Waals surface area contributed by atoms with Crippen LogP contribution >= 0.6 is 0 Å². The van der Waals surface area contributed by atoms with Crippen LogP contribution in [0.4, 0.5) is 20.6 Å². The molecule has 3 N–H and O–H groups in total. The fourth-order valence-corrected chi connectivity index (χ4v) is 1.78. The molecule has 2 aromatic rings. The summed E-state index contributed by atoms with van der Waals surface area (Å²) in [6.07, 6.45) is 2.45. The summed E-state index contributed by atoms with van der Waals surface area (Å²) in [6.45, 7) is 2.04. The average Bonchev–Trinajstić information content (AvgIpc) is 2.49. The van der Waals surface area contributed by atoms with Crippen LogP contribution in [0.2, 0.25) is 0 Å². The van der Waals surface area contributed by atoms with Crippen molar-refractivity contribution >= 4 is 17.4 Å². The standard InChI is InChI=1S/C15H17FN4O/c1-10(17-2)11-3-5-12(6-4-11)19-15(21)20-14-7-8-18-9-13(14)16/h3-10,17H,1-2H3,(H2,18,19,20,21). The second kappa shape index (κ2) is 6.81. The Bertz CT molecular complexity index is 615. The van der Waals surface area contributed by atoms with Crippen molar-refractivity contribution < 1.29 is 9.18 Å². The summed E-state index contributed by atoms with van der Waals surface area (Å²) in [5, 5.41) is 8.21. The minimum absolute atomic E-state index is 0.0860. The van der Waals surface area contributed by atoms with E-state index in [0.717, 1.165) is 11.8 Å². The van der Waals surface area contributed by atoms with Gasteiger partial charge in [-0.1, -0.05) is 12.1 Å². The van der Waals surface area contributed by atoms with Crippen LogP contribution in [0.15, 0.2) is 42.7 Å². The molecule has 21 heavy (non-hydrogen) atoms. The predicted molar refractivity (Wildman–Crippen MR) is 80.8 cm³/mol. The molecule has 2 rings (SSSR count). The van der Waals surface area contributed by atoms with Crippen molar-refractivity contribution in [1.82, 2.24) is 10.3 Å². The number of nitrogens with one attached hydrogen (secondary N) is 3. The van der Waals surface area contributed by atoms with E-state index in [1.165, 1.54) is 12.3 Å². The van der Waals surface area contributed by atoms with E-state index in [-0.39, 0.29) is 11.7 Å². The molecule has 0 aliphatic rings. The summed E-state index contributed by atoms with van der Waals surface area (Å²) >= 11 is 0. The molecule has 110 valence electrons. The van der Waals surface area contributed by atoms with Crippen LogP contribution in [-0.2, 0) is 0 Å². The first kappa shape index (κ1) is 14.9. The molecular weight excluding hydrogens is 271 g/mol. The van der Waals surface area contributed by atoms with Gasteiger partial charge in [-0.25, -0.2) is 9.18 Å². The molecule has 0 saturated carbocycles. The van der Waals surface area contributed by atoms with Gasteiger partial charge in [0.25, 0.3) is 0 Å². The van der Waals surface area contributed by atoms with Gasteiger partial charge >= 0.3 is 6.03 Å². The van der Waals surface area contributed by atoms with Gasteiger partial charge in [0.1, 0.15) is 0 Å². The summed E-state index contributed by atoms with van der Waals surface area (Å²) in [5.74, 6) is -0.578. The first-order chi connectivity index (χ1) is 10.1. The van der Waals surface area contributed by atoms with Crippen LogP contribution < -0.4 is 16.0 Å². The van der Waals surface area contributed by atoms with E-state index in [0.29, 0.717) is 5.69 Å². The van der Waals surface area contributed by atoms with Gasteiger partial charge in [0.2, 0.25) is 0 Å². The van der Waals surface area contributed by atoms with Crippen molar-refractivity contribution in [1.29, 1.82) is 0 Å². The highest BCUT2D eigenvalue weighted by molar-refractivity contribution is 5.99. The molecule has 0 fully saturated rings. The molecule has 0 spiro atoms. The SMILES string of the molecule is CNC(C)c1ccc(NC(=O)Nc2ccncc2F)cc1. The number of nitrogens with zero attached hydrogens (tertiary/aromatic N) is 1. The van der Waals surface area contributed by atoms with Crippen molar-refractivity contribution in [2.24, 2.45) is 0 Å². The third-order valence-corrected chi connectivity index (χ3v) is 3.12. The van der Waals surface area contributed by atoms with Crippen LogP contribution in [0, 0.1) is 5.82 Å². The summed E-state index contributed by atoms with van der Waals surface area (Å²) in [5.41, 5.74) is 1.83. The monoisotopic (exact) mass is 288 g/mol. The maximum Gasteiger partial charge on any atom is 0.323 e. The van der Waals surface area contributed by atoms with Crippen LogP contribution in [0.5, 0.6) is 0 Å². The Balaban J connectivity index is 1.98. The molecule has 1 aromatic carbocycles. The maximum atomic E-state index is 13.4. The summed E-state index contributed by atoms with van der Waals surface area (Å²) in [7, 11) is 1.88. The van der Waals surface area contributed by atoms with Crippen LogP contribution in [0.3, 0.4) is 0 Å². The second-order valence-electron chi connectivity index (χ2n) is 4.57. The van der Waals surface area contributed by atoms with Crippen molar-refractivity contribution in [3.05, 3.63) is 54.1 Å². The minimum Gasteiger partial charge on any atom is -0.313 e. The molecular formula is C15H17FN4O. The van der Waals surface area contributed by atoms with E-state index in [9.17, 15) is 9.18 Å². The number of amides is 2. The molecule has 1 atom stereocenters. The number of urea groups is 1. The van der Waals surface area contributed by atoms with Crippen molar-refractivity contribution in [3.8, 4) is 0 Å². The van der Waals surface area contributed by atoms with Gasteiger partial charge < -0.3 is 16.0 Å². The molecule has 0 bridgehead atoms. The van der Waals surface area contributed by atoms with Gasteiger partial charge in [-0.3, -0.25) is 4.98 Å². The summed E-state index contributed by atoms with van der Waals surface area (Å²) in [4.78, 5) is 15.4. The van der Waals surface area contributed by atoms with Gasteiger partial charge in [-0.05, 0) is 37.7 Å². The summed E-state index contributed by atoms with van der Waals surface area (Å²) in [6, 6.07) is 8.56. The van der Waals surface area contributed by atoms with E-state index < -0.39 is 11.8 Å². The lowest BCUT2D eigenvalue weighted by molar-refractivity contribution is 0.262. The van der Waals surface area contributed by atoms with Gasteiger partial charge in [-0.2, -0.15) is 0 Å². The lowest BCUT2D eigenvalue weighted by Crippen LogP contribution is -2.20. The fourth-order valence-electron chi connectivity index (χ4n) is 1.78. The van der Waals surface area contributed by atoms with Gasteiger partial charge in [0, 0.05) is 17.9 Å². The quantitative estimate of drug-likeness (QED) is 0.809. The van der Waals surface area contributed by atoms with Gasteiger partial charge in [-0.15, -0.1) is 0 Å². The minimum atomic E-state index is -0.578. The lowest BCUT2D eigenvalue weighted by atomic mass is 10.1. The zero-order chi connectivity index (χ0) is 15.2. The topological polar surface area (TPSA) is 66.0 Å². The number of aromatic nitrogens is 1. The highest BCUT2D eigenvalue weighted by Gasteiger charge is 2.07. The Morgan fingerprint density at radius 1 is 1.19 bits per heavy atom. The zero-order valence-corrected chi connectivity index (χ0v) is 11.9. The van der Waals surface area contributed by atoms with E-state index in [4.69, 9.17) is 0 Å². The molecule has 1 unspecified atom stereocenters. The number of pyridine rings is 1. The van der Waals surface area contributed by atoms with E-state index in [2.05, 4.69) is 20.9 Å². The largest absolute Gasteiger partial charge is 0.323 e. The Kier molecular flexibility index (Phi) is 4.84. The number of rotatable bonds is 4. The predicted octanol–water partition coefficient (Wildman–Crippen LogP) is 3.15. The van der Waals surface area contributed by atoms with Crippen LogP contribution in [0.25, 0.3) is 0 Å². The number of hydrogen-bond donors (Lipinski definition) is 3. The maximum absolute atomic E-state index is 13.4. The highest BCUT2D eigenvalue weighted by Crippen LogP contribution is 2.16. The Morgan fingerprint density at radius 2 is 1.90 bits per heavy atom. The average molecular weight is 288 g/mol. The molecule has 0 aliphatic heterocycles. The first-order valence-corrected chi connectivity index (χ1v) is 6.55. The number of halogens is 1. The van der Waals surface area contributed by atoms with Crippen molar-refractivity contribution in [2.75, 3.05) is 17.7 Å². The highest BCUT2D eigenvalue weighted by atomic mass is 19.1. The third kappa shape index (κ3) is 4.00. The normalized spacial score (nSPS) is 11.8. The van der Waals surface area contributed by atoms with Crippen molar-refractivity contribution in [2.45, 2.75) is 13.0 Å². The molecule has 5 nitrogen and oxygen atoms in total. The van der Waals surface area contributed by atoms with Crippen LogP contribution in [0.1, 0.15) is 18.5 Å². The molecule has 2 amide bonds. The molecule has 0 radical (unpaired) electrons. The third-order valence-electron chi connectivity index (χ3n) is 3.12. The van der Waals surface area contributed by atoms with Crippen molar-refractivity contribution in [3.63, 3.8) is 0 Å². The molecule has 6 heteroatoms. The Labute approximate surface area is 122 Å². The smallest absolute Gasteiger partial charge is 0.313 e. The van der Waals surface area contributed by atoms with E-state index in [1.807, 2.05) is 26.1 Å². The van der Waals surface area contributed by atoms with Crippen LogP contribution in [-0.4, -0.2) is 18.1 Å².